The fourth-order valence-electron chi connectivity index (χ4n) is 3.33. The fraction of sp³-hybridized carbons (Fsp3) is 0.250. The van der Waals surface area contributed by atoms with Crippen molar-refractivity contribution >= 4 is 29.2 Å². The van der Waals surface area contributed by atoms with Crippen LogP contribution >= 0.6 is 11.3 Å². The Morgan fingerprint density at radius 2 is 1.87 bits per heavy atom. The van der Waals surface area contributed by atoms with Gasteiger partial charge in [0.15, 0.2) is 0 Å². The van der Waals surface area contributed by atoms with Gasteiger partial charge in [-0.05, 0) is 59.7 Å². The molecular formula is C24H27N3O3S. The van der Waals surface area contributed by atoms with Gasteiger partial charge in [-0.1, -0.05) is 32.0 Å². The van der Waals surface area contributed by atoms with Crippen LogP contribution in [0.3, 0.4) is 0 Å². The predicted molar refractivity (Wildman–Crippen MR) is 124 cm³/mol. The van der Waals surface area contributed by atoms with Gasteiger partial charge in [-0.2, -0.15) is 11.3 Å². The molecular weight excluding hydrogens is 410 g/mol. The third kappa shape index (κ3) is 6.16. The second-order valence-corrected chi connectivity index (χ2v) is 7.68. The average molecular weight is 438 g/mol. The molecule has 1 unspecified atom stereocenters. The molecule has 0 saturated heterocycles. The molecule has 162 valence electrons. The number of rotatable bonds is 10. The Labute approximate surface area is 186 Å². The molecule has 2 N–H and O–H groups in total. The van der Waals surface area contributed by atoms with E-state index in [1.54, 1.807) is 47.7 Å². The Balaban J connectivity index is 1.77. The molecule has 2 amide bonds. The number of carbonyl (C=O) groups is 2. The van der Waals surface area contributed by atoms with E-state index in [0.29, 0.717) is 17.9 Å². The summed E-state index contributed by atoms with van der Waals surface area (Å²) in [5, 5.41) is 9.86. The molecule has 3 rings (SSSR count). The summed E-state index contributed by atoms with van der Waals surface area (Å²) in [7, 11) is 0. The van der Waals surface area contributed by atoms with Crippen molar-refractivity contribution in [2.24, 2.45) is 0 Å². The lowest BCUT2D eigenvalue weighted by Crippen LogP contribution is -2.41. The first-order valence-corrected chi connectivity index (χ1v) is 11.2. The van der Waals surface area contributed by atoms with Crippen LogP contribution in [-0.2, 0) is 4.79 Å². The van der Waals surface area contributed by atoms with Gasteiger partial charge in [-0.15, -0.1) is 0 Å². The van der Waals surface area contributed by atoms with Crippen molar-refractivity contribution in [3.63, 3.8) is 0 Å². The van der Waals surface area contributed by atoms with Gasteiger partial charge >= 0.3 is 0 Å². The molecule has 0 saturated carbocycles. The zero-order chi connectivity index (χ0) is 22.1. The molecule has 0 aliphatic heterocycles. The van der Waals surface area contributed by atoms with Crippen molar-refractivity contribution in [3.05, 3.63) is 88.1 Å². The molecule has 31 heavy (non-hydrogen) atoms. The molecule has 7 heteroatoms. The van der Waals surface area contributed by atoms with Gasteiger partial charge in [0.2, 0.25) is 0 Å². The number of hydrogen-bond acceptors (Lipinski definition) is 5. The second kappa shape index (κ2) is 11.3. The van der Waals surface area contributed by atoms with Gasteiger partial charge in [0, 0.05) is 18.2 Å². The molecule has 3 aromatic rings. The number of amides is 2. The minimum absolute atomic E-state index is 0.0555. The molecule has 6 nitrogen and oxygen atoms in total. The summed E-state index contributed by atoms with van der Waals surface area (Å²) >= 11 is 1.64. The normalized spacial score (nSPS) is 12.5. The van der Waals surface area contributed by atoms with Gasteiger partial charge in [-0.3, -0.25) is 14.5 Å². The molecule has 0 aliphatic carbocycles. The molecule has 0 bridgehead atoms. The Kier molecular flexibility index (Phi) is 8.20. The Bertz CT molecular complexity index is 979. The second-order valence-electron chi connectivity index (χ2n) is 6.90. The molecule has 0 radical (unpaired) electrons. The van der Waals surface area contributed by atoms with E-state index < -0.39 is 0 Å². The maximum Gasteiger partial charge on any atom is 0.268 e. The Morgan fingerprint density at radius 3 is 2.48 bits per heavy atom. The minimum Gasteiger partial charge on any atom is -0.465 e. The molecule has 2 aromatic heterocycles. The summed E-state index contributed by atoms with van der Waals surface area (Å²) in [6, 6.07) is 14.4. The van der Waals surface area contributed by atoms with E-state index in [2.05, 4.69) is 40.8 Å². The van der Waals surface area contributed by atoms with E-state index in [9.17, 15) is 9.59 Å². The number of nitrogens with one attached hydrogen (secondary N) is 2. The summed E-state index contributed by atoms with van der Waals surface area (Å²) in [5.41, 5.74) is 1.77. The molecule has 0 aliphatic rings. The van der Waals surface area contributed by atoms with Crippen LogP contribution in [0.25, 0.3) is 6.08 Å². The van der Waals surface area contributed by atoms with Gasteiger partial charge < -0.3 is 15.1 Å². The molecule has 2 heterocycles. The van der Waals surface area contributed by atoms with Gasteiger partial charge in [0.05, 0.1) is 12.3 Å². The number of carbonyl (C=O) groups excluding carboxylic acids is 2. The van der Waals surface area contributed by atoms with E-state index in [-0.39, 0.29) is 23.6 Å². The average Bonchev–Trinajstić information content (AvgIpc) is 3.51. The van der Waals surface area contributed by atoms with Crippen molar-refractivity contribution in [2.45, 2.75) is 19.9 Å². The van der Waals surface area contributed by atoms with Crippen LogP contribution in [0.5, 0.6) is 0 Å². The third-order valence-corrected chi connectivity index (χ3v) is 5.70. The van der Waals surface area contributed by atoms with Crippen LogP contribution < -0.4 is 10.6 Å². The highest BCUT2D eigenvalue weighted by molar-refractivity contribution is 7.08. The smallest absolute Gasteiger partial charge is 0.268 e. The van der Waals surface area contributed by atoms with Crippen molar-refractivity contribution in [1.29, 1.82) is 0 Å². The van der Waals surface area contributed by atoms with Crippen LogP contribution in [0.15, 0.2) is 75.7 Å². The van der Waals surface area contributed by atoms with E-state index in [4.69, 9.17) is 4.42 Å². The lowest BCUT2D eigenvalue weighted by molar-refractivity contribution is -0.118. The number of benzene rings is 1. The summed E-state index contributed by atoms with van der Waals surface area (Å²) < 4.78 is 5.34. The molecule has 0 spiro atoms. The first-order chi connectivity index (χ1) is 15.1. The fourth-order valence-corrected chi connectivity index (χ4v) is 4.04. The van der Waals surface area contributed by atoms with Crippen LogP contribution in [0.1, 0.15) is 41.6 Å². The summed E-state index contributed by atoms with van der Waals surface area (Å²) in [6.07, 6.45) is 3.06. The number of thiophene rings is 1. The van der Waals surface area contributed by atoms with Crippen molar-refractivity contribution < 1.29 is 14.0 Å². The van der Waals surface area contributed by atoms with Crippen LogP contribution in [0.4, 0.5) is 0 Å². The quantitative estimate of drug-likeness (QED) is 0.464. The first-order valence-electron chi connectivity index (χ1n) is 10.3. The largest absolute Gasteiger partial charge is 0.465 e. The van der Waals surface area contributed by atoms with Crippen molar-refractivity contribution in [1.82, 2.24) is 15.5 Å². The number of furan rings is 1. The summed E-state index contributed by atoms with van der Waals surface area (Å²) in [6.45, 7) is 6.37. The lowest BCUT2D eigenvalue weighted by atomic mass is 10.1. The Hall–Kier alpha value is -3.16. The number of nitrogens with zero attached hydrogens (tertiary/aromatic N) is 1. The first kappa shape index (κ1) is 22.5. The van der Waals surface area contributed by atoms with E-state index in [1.165, 1.54) is 17.9 Å². The monoisotopic (exact) mass is 437 g/mol. The van der Waals surface area contributed by atoms with Gasteiger partial charge in [0.1, 0.15) is 11.5 Å². The summed E-state index contributed by atoms with van der Waals surface area (Å²) in [5.74, 6) is -0.239. The Morgan fingerprint density at radius 1 is 1.10 bits per heavy atom. The highest BCUT2D eigenvalue weighted by Crippen LogP contribution is 2.22. The summed E-state index contributed by atoms with van der Waals surface area (Å²) in [4.78, 5) is 28.0. The van der Waals surface area contributed by atoms with E-state index >= 15 is 0 Å². The van der Waals surface area contributed by atoms with Gasteiger partial charge in [0.25, 0.3) is 11.8 Å². The van der Waals surface area contributed by atoms with E-state index in [0.717, 1.165) is 13.1 Å². The SMILES string of the molecule is CCN(CC)C(CNC(=O)/C(=C/c1ccco1)NC(=O)c1ccccc1)c1ccsc1. The van der Waals surface area contributed by atoms with E-state index in [1.807, 2.05) is 11.4 Å². The van der Waals surface area contributed by atoms with Crippen molar-refractivity contribution in [3.8, 4) is 0 Å². The van der Waals surface area contributed by atoms with Crippen LogP contribution in [0, 0.1) is 0 Å². The highest BCUT2D eigenvalue weighted by Gasteiger charge is 2.21. The van der Waals surface area contributed by atoms with Crippen LogP contribution in [-0.4, -0.2) is 36.3 Å². The zero-order valence-corrected chi connectivity index (χ0v) is 18.5. The maximum absolute atomic E-state index is 13.1. The number of hydrogen-bond donors (Lipinski definition) is 2. The molecule has 1 aromatic carbocycles. The zero-order valence-electron chi connectivity index (χ0n) is 17.7. The lowest BCUT2D eigenvalue weighted by Gasteiger charge is -2.29. The molecule has 0 fully saturated rings. The van der Waals surface area contributed by atoms with Crippen molar-refractivity contribution in [2.75, 3.05) is 19.6 Å². The molecule has 1 atom stereocenters. The predicted octanol–water partition coefficient (Wildman–Crippen LogP) is 4.31. The standard InChI is InChI=1S/C24H27N3O3S/c1-3-27(4-2)22(19-12-14-31-17-19)16-25-24(29)21(15-20-11-8-13-30-20)26-23(28)18-9-6-5-7-10-18/h5-15,17,22H,3-4,16H2,1-2H3,(H,25,29)(H,26,28)/b21-15-. The van der Waals surface area contributed by atoms with Crippen LogP contribution in [0.2, 0.25) is 0 Å². The highest BCUT2D eigenvalue weighted by atomic mass is 32.1. The van der Waals surface area contributed by atoms with Gasteiger partial charge in [-0.25, -0.2) is 0 Å². The topological polar surface area (TPSA) is 74.6 Å². The third-order valence-electron chi connectivity index (χ3n) is 5.00. The number of likely N-dealkylation sites (N-methyl/N-ethyl adjacent to an activating group) is 1. The maximum atomic E-state index is 13.1. The minimum atomic E-state index is -0.368.